The van der Waals surface area contributed by atoms with Crippen LogP contribution in [0, 0.1) is 11.8 Å². The van der Waals surface area contributed by atoms with E-state index in [1.165, 1.54) is 6.20 Å². The molecule has 4 nitrogen and oxygen atoms in total. The van der Waals surface area contributed by atoms with Crippen molar-refractivity contribution < 1.29 is 4.79 Å². The third-order valence-electron chi connectivity index (χ3n) is 1.37. The molecule has 0 aliphatic rings. The van der Waals surface area contributed by atoms with Crippen molar-refractivity contribution in [1.82, 2.24) is 4.98 Å². The van der Waals surface area contributed by atoms with Gasteiger partial charge in [0.1, 0.15) is 5.82 Å². The number of carbonyl (C=O) groups is 1. The van der Waals surface area contributed by atoms with Crippen LogP contribution in [0.2, 0.25) is 5.02 Å². The molecule has 0 bridgehead atoms. The van der Waals surface area contributed by atoms with E-state index < -0.39 is 5.91 Å². The molecule has 1 aromatic heterocycles. The number of hydrogen-bond donors (Lipinski definition) is 2. The van der Waals surface area contributed by atoms with Crippen LogP contribution >= 0.6 is 11.6 Å². The summed E-state index contributed by atoms with van der Waals surface area (Å²) in [5, 5.41) is 0.447. The second-order valence-electron chi connectivity index (χ2n) is 2.53. The SMILES string of the molecule is NC(=O)CC#Cc1cc(Cl)cnc1N. The zero-order chi connectivity index (χ0) is 10.6. The highest BCUT2D eigenvalue weighted by atomic mass is 35.5. The standard InChI is InChI=1S/C9H8ClN3O/c10-7-4-6(9(12)13-5-7)2-1-3-8(11)14/h4-5H,3H2,(H2,11,14)(H2,12,13). The van der Waals surface area contributed by atoms with Gasteiger partial charge in [-0.2, -0.15) is 0 Å². The quantitative estimate of drug-likeness (QED) is 0.663. The van der Waals surface area contributed by atoms with Crippen molar-refractivity contribution in [2.45, 2.75) is 6.42 Å². The predicted octanol–water partition coefficient (Wildman–Crippen LogP) is 0.544. The highest BCUT2D eigenvalue weighted by Crippen LogP contribution is 2.13. The van der Waals surface area contributed by atoms with Gasteiger partial charge in [-0.3, -0.25) is 4.79 Å². The number of halogens is 1. The Bertz CT molecular complexity index is 420. The Kier molecular flexibility index (Phi) is 3.32. The van der Waals surface area contributed by atoms with Gasteiger partial charge in [0.05, 0.1) is 17.0 Å². The van der Waals surface area contributed by atoms with Gasteiger partial charge in [0.25, 0.3) is 0 Å². The van der Waals surface area contributed by atoms with Crippen molar-refractivity contribution in [3.05, 3.63) is 22.8 Å². The topological polar surface area (TPSA) is 82.0 Å². The summed E-state index contributed by atoms with van der Waals surface area (Å²) in [6.45, 7) is 0. The maximum atomic E-state index is 10.4. The lowest BCUT2D eigenvalue weighted by Crippen LogP contribution is -2.08. The maximum absolute atomic E-state index is 10.4. The molecule has 0 unspecified atom stereocenters. The summed E-state index contributed by atoms with van der Waals surface area (Å²) in [6.07, 6.45) is 1.42. The third kappa shape index (κ3) is 2.96. The minimum absolute atomic E-state index is 0.00798. The Morgan fingerprint density at radius 2 is 2.36 bits per heavy atom. The highest BCUT2D eigenvalue weighted by Gasteiger charge is 1.97. The number of pyridine rings is 1. The van der Waals surface area contributed by atoms with Gasteiger partial charge in [-0.05, 0) is 6.07 Å². The summed E-state index contributed by atoms with van der Waals surface area (Å²) in [6, 6.07) is 1.58. The van der Waals surface area contributed by atoms with E-state index in [0.29, 0.717) is 10.6 Å². The van der Waals surface area contributed by atoms with E-state index in [9.17, 15) is 4.79 Å². The van der Waals surface area contributed by atoms with E-state index in [1.807, 2.05) is 0 Å². The van der Waals surface area contributed by atoms with Crippen LogP contribution in [-0.2, 0) is 4.79 Å². The fourth-order valence-electron chi connectivity index (χ4n) is 0.777. The molecule has 4 N–H and O–H groups in total. The van der Waals surface area contributed by atoms with E-state index in [-0.39, 0.29) is 12.2 Å². The molecule has 0 aliphatic carbocycles. The molecule has 5 heteroatoms. The van der Waals surface area contributed by atoms with E-state index >= 15 is 0 Å². The zero-order valence-corrected chi connectivity index (χ0v) is 8.01. The third-order valence-corrected chi connectivity index (χ3v) is 1.58. The monoisotopic (exact) mass is 209 g/mol. The lowest BCUT2D eigenvalue weighted by molar-refractivity contribution is -0.117. The number of hydrogen-bond acceptors (Lipinski definition) is 3. The zero-order valence-electron chi connectivity index (χ0n) is 7.25. The molecule has 1 heterocycles. The Labute approximate surface area is 86.3 Å². The van der Waals surface area contributed by atoms with Gasteiger partial charge in [-0.1, -0.05) is 23.4 Å². The van der Waals surface area contributed by atoms with Crippen molar-refractivity contribution in [2.75, 3.05) is 5.73 Å². The number of rotatable bonds is 1. The molecule has 72 valence electrons. The number of nitrogens with zero attached hydrogens (tertiary/aromatic N) is 1. The van der Waals surface area contributed by atoms with Crippen molar-refractivity contribution in [1.29, 1.82) is 0 Å². The lowest BCUT2D eigenvalue weighted by Gasteiger charge is -1.96. The van der Waals surface area contributed by atoms with Crippen molar-refractivity contribution >= 4 is 23.3 Å². The minimum Gasteiger partial charge on any atom is -0.383 e. The predicted molar refractivity (Wildman–Crippen MR) is 54.3 cm³/mol. The molecule has 0 aromatic carbocycles. The number of amides is 1. The fraction of sp³-hybridized carbons (Fsp3) is 0.111. The van der Waals surface area contributed by atoms with Gasteiger partial charge < -0.3 is 11.5 Å². The smallest absolute Gasteiger partial charge is 0.229 e. The van der Waals surface area contributed by atoms with Crippen molar-refractivity contribution in [3.8, 4) is 11.8 Å². The molecule has 0 atom stereocenters. The number of carbonyl (C=O) groups excluding carboxylic acids is 1. The average molecular weight is 210 g/mol. The van der Waals surface area contributed by atoms with E-state index in [2.05, 4.69) is 16.8 Å². The molecule has 1 amide bonds. The number of primary amides is 1. The van der Waals surface area contributed by atoms with Crippen LogP contribution < -0.4 is 11.5 Å². The summed E-state index contributed by atoms with van der Waals surface area (Å²) in [7, 11) is 0. The van der Waals surface area contributed by atoms with E-state index in [1.54, 1.807) is 6.07 Å². The van der Waals surface area contributed by atoms with Crippen molar-refractivity contribution in [3.63, 3.8) is 0 Å². The largest absolute Gasteiger partial charge is 0.383 e. The molecular formula is C9H8ClN3O. The van der Waals surface area contributed by atoms with Gasteiger partial charge in [0.15, 0.2) is 0 Å². The Hall–Kier alpha value is -1.73. The van der Waals surface area contributed by atoms with Crippen LogP contribution in [0.4, 0.5) is 5.82 Å². The second-order valence-corrected chi connectivity index (χ2v) is 2.97. The molecular weight excluding hydrogens is 202 g/mol. The number of aromatic nitrogens is 1. The number of nitrogens with two attached hydrogens (primary N) is 2. The normalized spacial score (nSPS) is 8.93. The van der Waals surface area contributed by atoms with Crippen LogP contribution in [0.3, 0.4) is 0 Å². The molecule has 0 saturated heterocycles. The molecule has 1 rings (SSSR count). The Balaban J connectivity index is 2.88. The van der Waals surface area contributed by atoms with Crippen LogP contribution in [0.5, 0.6) is 0 Å². The van der Waals surface area contributed by atoms with Crippen LogP contribution in [0.15, 0.2) is 12.3 Å². The molecule has 0 saturated carbocycles. The molecule has 0 spiro atoms. The first-order valence-corrected chi connectivity index (χ1v) is 4.15. The first-order valence-electron chi connectivity index (χ1n) is 3.78. The molecule has 0 fully saturated rings. The molecule has 14 heavy (non-hydrogen) atoms. The lowest BCUT2D eigenvalue weighted by atomic mass is 10.2. The van der Waals surface area contributed by atoms with Gasteiger partial charge in [-0.25, -0.2) is 4.98 Å². The molecule has 0 aliphatic heterocycles. The summed E-state index contributed by atoms with van der Waals surface area (Å²) in [5.41, 5.74) is 10.9. The Morgan fingerprint density at radius 3 is 3.00 bits per heavy atom. The maximum Gasteiger partial charge on any atom is 0.229 e. The second kappa shape index (κ2) is 4.49. The summed E-state index contributed by atoms with van der Waals surface area (Å²) in [5.74, 6) is 5.03. The summed E-state index contributed by atoms with van der Waals surface area (Å²) >= 11 is 5.68. The van der Waals surface area contributed by atoms with Gasteiger partial charge >= 0.3 is 0 Å². The molecule has 1 aromatic rings. The van der Waals surface area contributed by atoms with Crippen LogP contribution in [-0.4, -0.2) is 10.9 Å². The van der Waals surface area contributed by atoms with Crippen LogP contribution in [0.1, 0.15) is 12.0 Å². The van der Waals surface area contributed by atoms with Crippen molar-refractivity contribution in [2.24, 2.45) is 5.73 Å². The average Bonchev–Trinajstić information content (AvgIpc) is 2.10. The highest BCUT2D eigenvalue weighted by molar-refractivity contribution is 6.30. The summed E-state index contributed by atoms with van der Waals surface area (Å²) in [4.78, 5) is 14.2. The number of nitrogen functional groups attached to an aromatic ring is 1. The van der Waals surface area contributed by atoms with Gasteiger partial charge in [0, 0.05) is 6.20 Å². The van der Waals surface area contributed by atoms with Gasteiger partial charge in [-0.15, -0.1) is 0 Å². The fourth-order valence-corrected chi connectivity index (χ4v) is 0.934. The van der Waals surface area contributed by atoms with E-state index in [4.69, 9.17) is 23.1 Å². The van der Waals surface area contributed by atoms with Gasteiger partial charge in [0.2, 0.25) is 5.91 Å². The number of anilines is 1. The molecule has 0 radical (unpaired) electrons. The first kappa shape index (κ1) is 10.4. The van der Waals surface area contributed by atoms with E-state index in [0.717, 1.165) is 0 Å². The van der Waals surface area contributed by atoms with Crippen LogP contribution in [0.25, 0.3) is 0 Å². The minimum atomic E-state index is -0.481. The first-order chi connectivity index (χ1) is 6.59. The summed E-state index contributed by atoms with van der Waals surface area (Å²) < 4.78 is 0. The Morgan fingerprint density at radius 1 is 1.64 bits per heavy atom.